The Morgan fingerprint density at radius 3 is 2.19 bits per heavy atom. The summed E-state index contributed by atoms with van der Waals surface area (Å²) in [6.07, 6.45) is 6.48. The molecule has 2 aliphatic carbocycles. The van der Waals surface area contributed by atoms with Gasteiger partial charge in [-0.1, -0.05) is 56.3 Å². The predicted molar refractivity (Wildman–Crippen MR) is 164 cm³/mol. The number of urea groups is 1. The summed E-state index contributed by atoms with van der Waals surface area (Å²) in [6.45, 7) is 15.7. The van der Waals surface area contributed by atoms with Crippen molar-refractivity contribution in [2.45, 2.75) is 57.7 Å². The van der Waals surface area contributed by atoms with Crippen LogP contribution in [0.3, 0.4) is 0 Å². The zero-order chi connectivity index (χ0) is 31.3. The number of carbonyl (C=O) groups excluding carboxylic acids is 5. The summed E-state index contributed by atoms with van der Waals surface area (Å²) >= 11 is 0. The molecule has 1 aromatic carbocycles. The lowest BCUT2D eigenvalue weighted by Crippen LogP contribution is -2.60. The lowest BCUT2D eigenvalue weighted by atomic mass is 9.93. The molecule has 1 heterocycles. The van der Waals surface area contributed by atoms with Crippen LogP contribution in [-0.2, 0) is 32.0 Å². The van der Waals surface area contributed by atoms with E-state index in [1.807, 2.05) is 24.3 Å². The lowest BCUT2D eigenvalue weighted by Gasteiger charge is -2.35. The van der Waals surface area contributed by atoms with E-state index in [-0.39, 0.29) is 48.6 Å². The van der Waals surface area contributed by atoms with E-state index in [1.165, 1.54) is 6.08 Å². The number of hydrogen-bond donors (Lipinski definition) is 4. The third kappa shape index (κ3) is 6.73. The molecular weight excluding hydrogens is 546 g/mol. The second-order valence-electron chi connectivity index (χ2n) is 12.2. The largest absolute Gasteiger partial charge is 0.346 e. The van der Waals surface area contributed by atoms with E-state index in [1.54, 1.807) is 17.1 Å². The van der Waals surface area contributed by atoms with E-state index < -0.39 is 41.8 Å². The van der Waals surface area contributed by atoms with Gasteiger partial charge in [-0.25, -0.2) is 4.79 Å². The van der Waals surface area contributed by atoms with E-state index >= 15 is 0 Å². The fourth-order valence-corrected chi connectivity index (χ4v) is 6.78. The lowest BCUT2D eigenvalue weighted by molar-refractivity contribution is -0.144. The molecule has 0 radical (unpaired) electrons. The van der Waals surface area contributed by atoms with Crippen LogP contribution in [0.4, 0.5) is 4.79 Å². The van der Waals surface area contributed by atoms with Crippen LogP contribution >= 0.6 is 0 Å². The maximum atomic E-state index is 14.3. The zero-order valence-electron chi connectivity index (χ0n) is 25.1. The van der Waals surface area contributed by atoms with Crippen molar-refractivity contribution in [2.24, 2.45) is 23.2 Å². The summed E-state index contributed by atoms with van der Waals surface area (Å²) in [5.74, 6) is -2.58. The summed E-state index contributed by atoms with van der Waals surface area (Å²) in [5.41, 5.74) is 2.10. The molecule has 4 rings (SSSR count). The van der Waals surface area contributed by atoms with Gasteiger partial charge < -0.3 is 26.2 Å². The number of piperidine rings is 1. The average Bonchev–Trinajstić information content (AvgIpc) is 3.36. The fraction of sp³-hybridized carbons (Fsp3) is 0.485. The van der Waals surface area contributed by atoms with Gasteiger partial charge in [-0.05, 0) is 60.0 Å². The van der Waals surface area contributed by atoms with E-state index in [0.29, 0.717) is 25.8 Å². The highest BCUT2D eigenvalue weighted by Crippen LogP contribution is 2.65. The summed E-state index contributed by atoms with van der Waals surface area (Å²) in [7, 11) is 0. The zero-order valence-corrected chi connectivity index (χ0v) is 25.1. The molecule has 1 aromatic rings. The number of allylic oxidation sites excluding steroid dienone is 1. The third-order valence-electron chi connectivity index (χ3n) is 9.20. The van der Waals surface area contributed by atoms with Crippen LogP contribution in [0.1, 0.15) is 37.8 Å². The van der Waals surface area contributed by atoms with Crippen LogP contribution in [0.2, 0.25) is 0 Å². The molecular formula is C33H43N5O5. The highest BCUT2D eigenvalue weighted by atomic mass is 16.2. The van der Waals surface area contributed by atoms with E-state index in [2.05, 4.69) is 54.9 Å². The minimum atomic E-state index is -1.07. The molecule has 43 heavy (non-hydrogen) atoms. The van der Waals surface area contributed by atoms with Crippen molar-refractivity contribution in [1.29, 1.82) is 0 Å². The number of Topliss-reactive ketones (excluding diaryl/α,β-unsaturated/α-hetero) is 1. The van der Waals surface area contributed by atoms with Gasteiger partial charge in [-0.2, -0.15) is 0 Å². The van der Waals surface area contributed by atoms with Crippen molar-refractivity contribution in [3.05, 3.63) is 73.4 Å². The highest BCUT2D eigenvalue weighted by Gasteiger charge is 2.69. The number of ketones is 1. The minimum Gasteiger partial charge on any atom is -0.346 e. The number of rotatable bonds is 14. The molecule has 0 bridgehead atoms. The van der Waals surface area contributed by atoms with Gasteiger partial charge in [-0.15, -0.1) is 19.7 Å². The number of fused-ring (bicyclic) bond motifs is 2. The first-order valence-electron chi connectivity index (χ1n) is 14.9. The quantitative estimate of drug-likeness (QED) is 0.195. The molecule has 230 valence electrons. The van der Waals surface area contributed by atoms with Crippen molar-refractivity contribution in [3.8, 4) is 0 Å². The van der Waals surface area contributed by atoms with Gasteiger partial charge in [0.2, 0.25) is 17.6 Å². The number of nitrogens with zero attached hydrogens (tertiary/aromatic N) is 1. The van der Waals surface area contributed by atoms with Crippen molar-refractivity contribution >= 4 is 29.5 Å². The molecule has 4 N–H and O–H groups in total. The van der Waals surface area contributed by atoms with Gasteiger partial charge in [0, 0.05) is 19.6 Å². The fourth-order valence-electron chi connectivity index (χ4n) is 6.78. The first-order valence-corrected chi connectivity index (χ1v) is 14.9. The van der Waals surface area contributed by atoms with Gasteiger partial charge in [-0.3, -0.25) is 19.2 Å². The van der Waals surface area contributed by atoms with Crippen molar-refractivity contribution in [3.63, 3.8) is 0 Å². The molecule has 10 nitrogen and oxygen atoms in total. The second-order valence-corrected chi connectivity index (χ2v) is 12.2. The number of benzene rings is 1. The van der Waals surface area contributed by atoms with Crippen LogP contribution in [0.25, 0.3) is 0 Å². The summed E-state index contributed by atoms with van der Waals surface area (Å²) in [6, 6.07) is 4.72. The topological polar surface area (TPSA) is 137 Å². The SMILES string of the molecule is C=CCCC(NC(=O)[C@@H]1[C@@H]2[C@H](CN1C(=O)[C@@H](NC(=O)NCC=C)C1Cc3ccccc3C1)C2(C)C)C(=O)C(=O)NCC=C. The van der Waals surface area contributed by atoms with Crippen LogP contribution in [0.15, 0.2) is 62.2 Å². The Labute approximate surface area is 253 Å². The number of hydrogen-bond acceptors (Lipinski definition) is 5. The van der Waals surface area contributed by atoms with Crippen LogP contribution < -0.4 is 21.3 Å². The number of nitrogens with one attached hydrogen (secondary N) is 4. The number of amides is 5. The summed E-state index contributed by atoms with van der Waals surface area (Å²) in [5, 5.41) is 10.9. The Balaban J connectivity index is 1.58. The van der Waals surface area contributed by atoms with Gasteiger partial charge in [0.15, 0.2) is 0 Å². The molecule has 1 aliphatic heterocycles. The molecule has 1 saturated heterocycles. The maximum Gasteiger partial charge on any atom is 0.315 e. The summed E-state index contributed by atoms with van der Waals surface area (Å²) < 4.78 is 0. The predicted octanol–water partition coefficient (Wildman–Crippen LogP) is 2.06. The van der Waals surface area contributed by atoms with E-state index in [0.717, 1.165) is 11.1 Å². The van der Waals surface area contributed by atoms with Gasteiger partial charge in [0.05, 0.1) is 6.04 Å². The van der Waals surface area contributed by atoms with Crippen LogP contribution in [0.5, 0.6) is 0 Å². The smallest absolute Gasteiger partial charge is 0.315 e. The van der Waals surface area contributed by atoms with E-state index in [4.69, 9.17) is 0 Å². The Kier molecular flexibility index (Phi) is 9.88. The first-order chi connectivity index (χ1) is 20.5. The van der Waals surface area contributed by atoms with Gasteiger partial charge >= 0.3 is 6.03 Å². The van der Waals surface area contributed by atoms with Crippen molar-refractivity contribution in [1.82, 2.24) is 26.2 Å². The van der Waals surface area contributed by atoms with Crippen molar-refractivity contribution < 1.29 is 24.0 Å². The Hall–Kier alpha value is -4.21. The maximum absolute atomic E-state index is 14.3. The standard InChI is InChI=1S/C33H43N5O5/c1-6-9-14-24(28(39)30(41)34-15-7-2)36-29(40)27-25-23(33(25,4)5)19-38(27)31(42)26(37-32(43)35-16-8-3)22-17-20-12-10-11-13-21(20)18-22/h6-8,10-13,22-27H,1-3,9,14-19H2,4-5H3,(H,34,41)(H,36,40)(H2,35,37,43)/t23-,24?,25-,26-,27-/m0/s1. The average molecular weight is 590 g/mol. The Bertz CT molecular complexity index is 1280. The van der Waals surface area contributed by atoms with Gasteiger partial charge in [0.25, 0.3) is 5.91 Å². The Morgan fingerprint density at radius 1 is 0.953 bits per heavy atom. The van der Waals surface area contributed by atoms with E-state index in [9.17, 15) is 24.0 Å². The third-order valence-corrected chi connectivity index (χ3v) is 9.20. The molecule has 0 spiro atoms. The molecule has 3 aliphatic rings. The van der Waals surface area contributed by atoms with Gasteiger partial charge in [0.1, 0.15) is 12.1 Å². The molecule has 5 amide bonds. The highest BCUT2D eigenvalue weighted by molar-refractivity contribution is 6.38. The van der Waals surface area contributed by atoms with Crippen LogP contribution in [0, 0.1) is 23.2 Å². The van der Waals surface area contributed by atoms with Crippen LogP contribution in [-0.4, -0.2) is 72.2 Å². The normalized spacial score (nSPS) is 22.7. The minimum absolute atomic E-state index is 0.0986. The summed E-state index contributed by atoms with van der Waals surface area (Å²) in [4.78, 5) is 68.1. The molecule has 1 saturated carbocycles. The molecule has 5 atom stereocenters. The number of likely N-dealkylation sites (tertiary alicyclic amines) is 1. The molecule has 10 heteroatoms. The monoisotopic (exact) mass is 589 g/mol. The van der Waals surface area contributed by atoms with Crippen molar-refractivity contribution in [2.75, 3.05) is 19.6 Å². The first kappa shape index (κ1) is 31.7. The molecule has 1 unspecified atom stereocenters. The molecule has 0 aromatic heterocycles. The Morgan fingerprint density at radius 2 is 1.58 bits per heavy atom. The molecule has 2 fully saturated rings. The number of carbonyl (C=O) groups is 5. The second kappa shape index (κ2) is 13.4.